The molecule has 0 aliphatic carbocycles. The van der Waals surface area contributed by atoms with Crippen LogP contribution in [0.4, 0.5) is 0 Å². The molecule has 0 aliphatic heterocycles. The first-order chi connectivity index (χ1) is 5.57. The fourth-order valence-corrected chi connectivity index (χ4v) is 1.61. The van der Waals surface area contributed by atoms with Crippen molar-refractivity contribution in [2.75, 3.05) is 0 Å². The summed E-state index contributed by atoms with van der Waals surface area (Å²) in [5.41, 5.74) is 0.108. The largest absolute Gasteiger partial charge is 0.506 e. The van der Waals surface area contributed by atoms with Crippen molar-refractivity contribution < 1.29 is 9.90 Å². The molecule has 0 atom stereocenters. The van der Waals surface area contributed by atoms with Gasteiger partial charge in [-0.3, -0.25) is 4.79 Å². The van der Waals surface area contributed by atoms with E-state index >= 15 is 0 Å². The molecule has 1 rings (SSSR count). The first-order valence-corrected chi connectivity index (χ1v) is 4.44. The van der Waals surface area contributed by atoms with Crippen LogP contribution in [-0.4, -0.2) is 11.4 Å². The number of halogens is 3. The van der Waals surface area contributed by atoms with Crippen LogP contribution < -0.4 is 0 Å². The lowest BCUT2D eigenvalue weighted by Crippen LogP contribution is -1.84. The van der Waals surface area contributed by atoms with E-state index in [1.807, 2.05) is 0 Å². The summed E-state index contributed by atoms with van der Waals surface area (Å²) in [5.74, 6) is -0.292. The second kappa shape index (κ2) is 3.64. The first kappa shape index (κ1) is 9.84. The van der Waals surface area contributed by atoms with Crippen LogP contribution in [0, 0.1) is 0 Å². The Bertz CT molecular complexity index is 339. The fraction of sp³-hybridized carbons (Fsp3) is 0. The van der Waals surface area contributed by atoms with Crippen LogP contribution in [-0.2, 0) is 0 Å². The summed E-state index contributed by atoms with van der Waals surface area (Å²) in [6.07, 6.45) is 0.502. The van der Waals surface area contributed by atoms with Gasteiger partial charge in [0, 0.05) is 4.47 Å². The van der Waals surface area contributed by atoms with Gasteiger partial charge in [0.25, 0.3) is 0 Å². The summed E-state index contributed by atoms with van der Waals surface area (Å²) in [7, 11) is 0. The second-order valence-corrected chi connectivity index (χ2v) is 3.65. The highest BCUT2D eigenvalue weighted by atomic mass is 79.9. The molecule has 0 fully saturated rings. The van der Waals surface area contributed by atoms with Crippen molar-refractivity contribution in [3.8, 4) is 5.75 Å². The Labute approximate surface area is 87.2 Å². The zero-order valence-electron chi connectivity index (χ0n) is 5.64. The van der Waals surface area contributed by atoms with Crippen molar-refractivity contribution in [2.24, 2.45) is 0 Å². The molecule has 0 saturated heterocycles. The Morgan fingerprint density at radius 1 is 1.42 bits per heavy atom. The number of hydrogen-bond acceptors (Lipinski definition) is 2. The van der Waals surface area contributed by atoms with Gasteiger partial charge in [-0.15, -0.1) is 0 Å². The molecule has 0 bridgehead atoms. The average Bonchev–Trinajstić information content (AvgIpc) is 2.08. The maximum atomic E-state index is 10.4. The summed E-state index contributed by atoms with van der Waals surface area (Å²) < 4.78 is 0.481. The molecule has 0 radical (unpaired) electrons. The Hall–Kier alpha value is -0.250. The summed E-state index contributed by atoms with van der Waals surface area (Å²) in [6.45, 7) is 0. The molecule has 64 valence electrons. The van der Waals surface area contributed by atoms with Crippen molar-refractivity contribution in [1.29, 1.82) is 0 Å². The average molecular weight is 270 g/mol. The van der Waals surface area contributed by atoms with Gasteiger partial charge < -0.3 is 5.11 Å². The minimum atomic E-state index is -0.292. The maximum Gasteiger partial charge on any atom is 0.153 e. The standard InChI is InChI=1S/C7H3BrCl2O2/c8-4-1-3(2-11)7(12)6(10)5(4)9/h1-2,12H. The third kappa shape index (κ3) is 1.58. The van der Waals surface area contributed by atoms with Crippen molar-refractivity contribution in [2.45, 2.75) is 0 Å². The highest BCUT2D eigenvalue weighted by Crippen LogP contribution is 2.38. The number of aromatic hydroxyl groups is 1. The van der Waals surface area contributed by atoms with Gasteiger partial charge in [-0.1, -0.05) is 23.2 Å². The minimum absolute atomic E-state index is 0.0202. The van der Waals surface area contributed by atoms with Crippen LogP contribution in [0.3, 0.4) is 0 Å². The van der Waals surface area contributed by atoms with E-state index in [1.54, 1.807) is 0 Å². The highest BCUT2D eigenvalue weighted by molar-refractivity contribution is 9.10. The molecule has 0 unspecified atom stereocenters. The van der Waals surface area contributed by atoms with E-state index in [1.165, 1.54) is 6.07 Å². The van der Waals surface area contributed by atoms with Crippen molar-refractivity contribution in [1.82, 2.24) is 0 Å². The third-order valence-electron chi connectivity index (χ3n) is 1.29. The fourth-order valence-electron chi connectivity index (χ4n) is 0.694. The zero-order chi connectivity index (χ0) is 9.30. The molecule has 12 heavy (non-hydrogen) atoms. The SMILES string of the molecule is O=Cc1cc(Br)c(Cl)c(Cl)c1O. The topological polar surface area (TPSA) is 37.3 Å². The van der Waals surface area contributed by atoms with Gasteiger partial charge in [-0.25, -0.2) is 0 Å². The number of aldehydes is 1. The molecule has 5 heteroatoms. The predicted octanol–water partition coefficient (Wildman–Crippen LogP) is 3.27. The molecular formula is C7H3BrCl2O2. The van der Waals surface area contributed by atoms with Crippen molar-refractivity contribution in [3.63, 3.8) is 0 Å². The monoisotopic (exact) mass is 268 g/mol. The molecule has 0 heterocycles. The van der Waals surface area contributed by atoms with E-state index in [0.717, 1.165) is 0 Å². The van der Waals surface area contributed by atoms with E-state index in [9.17, 15) is 9.90 Å². The van der Waals surface area contributed by atoms with Gasteiger partial charge in [-0.05, 0) is 22.0 Å². The number of phenols is 1. The molecule has 0 saturated carbocycles. The lowest BCUT2D eigenvalue weighted by Gasteiger charge is -2.03. The normalized spacial score (nSPS) is 9.92. The summed E-state index contributed by atoms with van der Waals surface area (Å²) >= 11 is 14.3. The third-order valence-corrected chi connectivity index (χ3v) is 3.00. The van der Waals surface area contributed by atoms with Gasteiger partial charge in [-0.2, -0.15) is 0 Å². The number of carbonyl (C=O) groups excluding carboxylic acids is 1. The Morgan fingerprint density at radius 3 is 2.50 bits per heavy atom. The summed E-state index contributed by atoms with van der Waals surface area (Å²) in [4.78, 5) is 10.4. The second-order valence-electron chi connectivity index (χ2n) is 2.04. The number of phenolic OH excluding ortho intramolecular Hbond substituents is 1. The van der Waals surface area contributed by atoms with Crippen molar-refractivity contribution >= 4 is 45.4 Å². The van der Waals surface area contributed by atoms with Gasteiger partial charge in [0.05, 0.1) is 10.6 Å². The number of rotatable bonds is 1. The van der Waals surface area contributed by atoms with Crippen LogP contribution in [0.25, 0.3) is 0 Å². The molecule has 0 aliphatic rings. The van der Waals surface area contributed by atoms with Crippen LogP contribution >= 0.6 is 39.1 Å². The first-order valence-electron chi connectivity index (χ1n) is 2.89. The molecule has 2 nitrogen and oxygen atoms in total. The Balaban J connectivity index is 3.49. The van der Waals surface area contributed by atoms with Crippen molar-refractivity contribution in [3.05, 3.63) is 26.1 Å². The lowest BCUT2D eigenvalue weighted by atomic mass is 10.2. The number of hydrogen-bond donors (Lipinski definition) is 1. The van der Waals surface area contributed by atoms with Gasteiger partial charge >= 0.3 is 0 Å². The van der Waals surface area contributed by atoms with E-state index in [4.69, 9.17) is 23.2 Å². The van der Waals surface area contributed by atoms with E-state index < -0.39 is 0 Å². The summed E-state index contributed by atoms with van der Waals surface area (Å²) in [5, 5.41) is 9.41. The van der Waals surface area contributed by atoms with Crippen LogP contribution in [0.2, 0.25) is 10.0 Å². The van der Waals surface area contributed by atoms with Gasteiger partial charge in [0.1, 0.15) is 10.8 Å². The zero-order valence-corrected chi connectivity index (χ0v) is 8.74. The summed E-state index contributed by atoms with van der Waals surface area (Å²) in [6, 6.07) is 1.40. The Kier molecular flexibility index (Phi) is 2.99. The smallest absolute Gasteiger partial charge is 0.153 e. The lowest BCUT2D eigenvalue weighted by molar-refractivity contribution is 0.112. The van der Waals surface area contributed by atoms with Gasteiger partial charge in [0.2, 0.25) is 0 Å². The number of benzene rings is 1. The molecule has 0 amide bonds. The maximum absolute atomic E-state index is 10.4. The molecule has 0 aromatic heterocycles. The minimum Gasteiger partial charge on any atom is -0.506 e. The van der Waals surface area contributed by atoms with Crippen LogP contribution in [0.15, 0.2) is 10.5 Å². The van der Waals surface area contributed by atoms with Crippen LogP contribution in [0.5, 0.6) is 5.75 Å². The molecule has 1 aromatic carbocycles. The van der Waals surface area contributed by atoms with Gasteiger partial charge in [0.15, 0.2) is 6.29 Å². The molecule has 1 N–H and O–H groups in total. The number of carbonyl (C=O) groups is 1. The Morgan fingerprint density at radius 2 is 2.00 bits per heavy atom. The van der Waals surface area contributed by atoms with E-state index in [0.29, 0.717) is 10.8 Å². The van der Waals surface area contributed by atoms with E-state index in [2.05, 4.69) is 15.9 Å². The predicted molar refractivity (Wildman–Crippen MR) is 51.2 cm³/mol. The van der Waals surface area contributed by atoms with Crippen LogP contribution in [0.1, 0.15) is 10.4 Å². The van der Waals surface area contributed by atoms with E-state index in [-0.39, 0.29) is 21.4 Å². The molecule has 0 spiro atoms. The highest BCUT2D eigenvalue weighted by Gasteiger charge is 2.12. The molecular weight excluding hydrogens is 267 g/mol. The molecule has 1 aromatic rings. The quantitative estimate of drug-likeness (QED) is 0.628.